The summed E-state index contributed by atoms with van der Waals surface area (Å²) in [5, 5.41) is 19.6. The van der Waals surface area contributed by atoms with Crippen LogP contribution in [-0.2, 0) is 0 Å². The number of aliphatic hydroxyl groups excluding tert-OH is 1. The van der Waals surface area contributed by atoms with E-state index in [0.29, 0.717) is 11.3 Å². The van der Waals surface area contributed by atoms with Crippen molar-refractivity contribution < 1.29 is 14.2 Å². The standard InChI is InChI=1S/C14H15N5O2.3H2/c1-8(7-20)17-14(21)11-5-9(6-16-11)12-10-3-2-4-15-13(10)19-18-12;;;/h2-6,8,16,20H,7H2,1H3,(H,17,21)(H,15,18,19);3*1H. The van der Waals surface area contributed by atoms with Crippen molar-refractivity contribution in [1.82, 2.24) is 25.5 Å². The van der Waals surface area contributed by atoms with Crippen LogP contribution in [0.4, 0.5) is 0 Å². The van der Waals surface area contributed by atoms with Gasteiger partial charge in [0.25, 0.3) is 5.91 Å². The van der Waals surface area contributed by atoms with Crippen molar-refractivity contribution >= 4 is 16.9 Å². The lowest BCUT2D eigenvalue weighted by Crippen LogP contribution is -2.35. The van der Waals surface area contributed by atoms with Gasteiger partial charge in [-0.05, 0) is 25.1 Å². The fraction of sp³-hybridized carbons (Fsp3) is 0.214. The second kappa shape index (κ2) is 5.37. The number of carbonyl (C=O) groups is 1. The second-order valence-corrected chi connectivity index (χ2v) is 4.83. The Bertz CT molecular complexity index is 789. The lowest BCUT2D eigenvalue weighted by atomic mass is 10.1. The summed E-state index contributed by atoms with van der Waals surface area (Å²) in [4.78, 5) is 19.1. The van der Waals surface area contributed by atoms with E-state index in [0.717, 1.165) is 16.6 Å². The third-order valence-electron chi connectivity index (χ3n) is 3.20. The summed E-state index contributed by atoms with van der Waals surface area (Å²) in [6.07, 6.45) is 3.41. The molecule has 4 N–H and O–H groups in total. The molecule has 0 radical (unpaired) electrons. The largest absolute Gasteiger partial charge is 0.394 e. The molecule has 0 spiro atoms. The van der Waals surface area contributed by atoms with E-state index in [9.17, 15) is 4.79 Å². The number of hydrogen-bond donors (Lipinski definition) is 4. The maximum atomic E-state index is 12.0. The van der Waals surface area contributed by atoms with Crippen LogP contribution >= 0.6 is 0 Å². The molecular weight excluding hydrogens is 270 g/mol. The number of amides is 1. The molecule has 21 heavy (non-hydrogen) atoms. The van der Waals surface area contributed by atoms with Crippen molar-refractivity contribution in [3.8, 4) is 11.3 Å². The van der Waals surface area contributed by atoms with E-state index in [1.807, 2.05) is 12.1 Å². The predicted octanol–water partition coefficient (Wildman–Crippen LogP) is 1.80. The zero-order valence-corrected chi connectivity index (χ0v) is 11.4. The normalized spacial score (nSPS) is 12.5. The molecule has 3 aromatic rings. The molecule has 7 nitrogen and oxygen atoms in total. The van der Waals surface area contributed by atoms with Crippen LogP contribution in [0.5, 0.6) is 0 Å². The summed E-state index contributed by atoms with van der Waals surface area (Å²) in [5.74, 6) is -0.259. The molecule has 1 unspecified atom stereocenters. The summed E-state index contributed by atoms with van der Waals surface area (Å²) < 4.78 is 0. The number of rotatable bonds is 4. The molecule has 3 heterocycles. The van der Waals surface area contributed by atoms with Crippen molar-refractivity contribution in [2.75, 3.05) is 6.61 Å². The fourth-order valence-corrected chi connectivity index (χ4v) is 2.09. The van der Waals surface area contributed by atoms with Crippen LogP contribution in [0, 0.1) is 0 Å². The van der Waals surface area contributed by atoms with Gasteiger partial charge in [-0.1, -0.05) is 0 Å². The van der Waals surface area contributed by atoms with Gasteiger partial charge in [0.1, 0.15) is 5.69 Å². The molecule has 0 aromatic carbocycles. The third kappa shape index (κ3) is 2.50. The summed E-state index contributed by atoms with van der Waals surface area (Å²) in [7, 11) is 0. The highest BCUT2D eigenvalue weighted by Gasteiger charge is 2.14. The number of H-pyrrole nitrogens is 2. The van der Waals surface area contributed by atoms with E-state index in [4.69, 9.17) is 5.11 Å². The quantitative estimate of drug-likeness (QED) is 0.588. The Morgan fingerprint density at radius 3 is 3.24 bits per heavy atom. The molecule has 0 aliphatic heterocycles. The summed E-state index contributed by atoms with van der Waals surface area (Å²) >= 11 is 0. The Kier molecular flexibility index (Phi) is 3.41. The van der Waals surface area contributed by atoms with Crippen LogP contribution in [-0.4, -0.2) is 43.8 Å². The first-order valence-electron chi connectivity index (χ1n) is 6.58. The van der Waals surface area contributed by atoms with E-state index in [1.165, 1.54) is 0 Å². The van der Waals surface area contributed by atoms with Crippen molar-refractivity contribution in [2.45, 2.75) is 13.0 Å². The SMILES string of the molecule is CC(CO)NC(=O)c1cc(-c2[nH]nc3ncccc23)c[nH]1.[HH].[HH].[HH]. The van der Waals surface area contributed by atoms with E-state index < -0.39 is 0 Å². The number of aromatic nitrogens is 4. The van der Waals surface area contributed by atoms with Crippen molar-refractivity contribution in [3.05, 3.63) is 36.3 Å². The number of hydrogen-bond acceptors (Lipinski definition) is 4. The Hall–Kier alpha value is -2.67. The van der Waals surface area contributed by atoms with Gasteiger partial charge in [-0.25, -0.2) is 4.98 Å². The van der Waals surface area contributed by atoms with Crippen LogP contribution in [0.1, 0.15) is 21.7 Å². The number of fused-ring (bicyclic) bond motifs is 1. The number of aliphatic hydroxyl groups is 1. The summed E-state index contributed by atoms with van der Waals surface area (Å²) in [5.41, 5.74) is 2.70. The van der Waals surface area contributed by atoms with Gasteiger partial charge in [0.15, 0.2) is 5.65 Å². The van der Waals surface area contributed by atoms with Gasteiger partial charge >= 0.3 is 0 Å². The van der Waals surface area contributed by atoms with Gasteiger partial charge in [-0.3, -0.25) is 9.89 Å². The van der Waals surface area contributed by atoms with Crippen molar-refractivity contribution in [1.29, 1.82) is 0 Å². The average Bonchev–Trinajstić information content (AvgIpc) is 3.13. The molecule has 3 rings (SSSR count). The first-order chi connectivity index (χ1) is 10.2. The van der Waals surface area contributed by atoms with Gasteiger partial charge in [0.2, 0.25) is 0 Å². The first kappa shape index (κ1) is 13.3. The highest BCUT2D eigenvalue weighted by Crippen LogP contribution is 2.25. The Labute approximate surface area is 124 Å². The van der Waals surface area contributed by atoms with Gasteiger partial charge in [0.05, 0.1) is 12.3 Å². The minimum absolute atomic E-state index is 0. The first-order valence-corrected chi connectivity index (χ1v) is 6.58. The number of nitrogens with zero attached hydrogens (tertiary/aromatic N) is 2. The number of nitrogens with one attached hydrogen (secondary N) is 3. The smallest absolute Gasteiger partial charge is 0.268 e. The van der Waals surface area contributed by atoms with Gasteiger partial charge < -0.3 is 15.4 Å². The molecule has 1 amide bonds. The molecule has 0 aliphatic rings. The van der Waals surface area contributed by atoms with Crippen molar-refractivity contribution in [2.24, 2.45) is 0 Å². The lowest BCUT2D eigenvalue weighted by molar-refractivity contribution is 0.0918. The minimum atomic E-state index is -0.290. The number of carbonyl (C=O) groups excluding carboxylic acids is 1. The van der Waals surface area contributed by atoms with E-state index in [2.05, 4.69) is 25.5 Å². The van der Waals surface area contributed by atoms with Gasteiger partial charge in [-0.2, -0.15) is 5.10 Å². The van der Waals surface area contributed by atoms with E-state index in [-0.39, 0.29) is 22.8 Å². The van der Waals surface area contributed by atoms with Crippen molar-refractivity contribution in [3.63, 3.8) is 0 Å². The molecule has 0 aliphatic carbocycles. The van der Waals surface area contributed by atoms with E-state index in [1.54, 1.807) is 25.4 Å². The maximum absolute atomic E-state index is 12.0. The maximum Gasteiger partial charge on any atom is 0.268 e. The lowest BCUT2D eigenvalue weighted by Gasteiger charge is -2.08. The Balaban J connectivity index is 0.00000176. The molecule has 7 heteroatoms. The molecule has 0 saturated carbocycles. The summed E-state index contributed by atoms with van der Waals surface area (Å²) in [6.45, 7) is 1.63. The third-order valence-corrected chi connectivity index (χ3v) is 3.20. The highest BCUT2D eigenvalue weighted by atomic mass is 16.3. The van der Waals surface area contributed by atoms with Crippen LogP contribution in [0.2, 0.25) is 0 Å². The molecule has 0 saturated heterocycles. The minimum Gasteiger partial charge on any atom is -0.394 e. The van der Waals surface area contributed by atoms with Crippen LogP contribution < -0.4 is 5.32 Å². The van der Waals surface area contributed by atoms with Gasteiger partial charge in [-0.15, -0.1) is 0 Å². The number of aromatic amines is 2. The number of pyridine rings is 1. The Morgan fingerprint density at radius 1 is 1.57 bits per heavy atom. The van der Waals surface area contributed by atoms with Gasteiger partial charge in [0, 0.05) is 33.7 Å². The van der Waals surface area contributed by atoms with E-state index >= 15 is 0 Å². The van der Waals surface area contributed by atoms with Crippen LogP contribution in [0.15, 0.2) is 30.6 Å². The predicted molar refractivity (Wildman–Crippen MR) is 84.0 cm³/mol. The average molecular weight is 291 g/mol. The topological polar surface area (TPSA) is 107 Å². The zero-order chi connectivity index (χ0) is 14.8. The molecule has 1 atom stereocenters. The zero-order valence-electron chi connectivity index (χ0n) is 11.4. The molecule has 3 aromatic heterocycles. The molecular formula is C14H21N5O2. The monoisotopic (exact) mass is 291 g/mol. The molecule has 114 valence electrons. The highest BCUT2D eigenvalue weighted by molar-refractivity contribution is 5.96. The second-order valence-electron chi connectivity index (χ2n) is 4.83. The molecule has 0 fully saturated rings. The molecule has 0 bridgehead atoms. The van der Waals surface area contributed by atoms with Crippen LogP contribution in [0.25, 0.3) is 22.3 Å². The summed E-state index contributed by atoms with van der Waals surface area (Å²) in [6, 6.07) is 5.20. The van der Waals surface area contributed by atoms with Crippen LogP contribution in [0.3, 0.4) is 0 Å². The Morgan fingerprint density at radius 2 is 2.43 bits per heavy atom. The fourth-order valence-electron chi connectivity index (χ4n) is 2.09.